The number of nitrogens with zero attached hydrogens (tertiary/aromatic N) is 3. The molecule has 0 atom stereocenters. The zero-order valence-electron chi connectivity index (χ0n) is 15.1. The largest absolute Gasteiger partial charge is 0.489 e. The van der Waals surface area contributed by atoms with Crippen LogP contribution in [0.3, 0.4) is 0 Å². The molecule has 0 unspecified atom stereocenters. The van der Waals surface area contributed by atoms with E-state index in [0.29, 0.717) is 29.9 Å². The van der Waals surface area contributed by atoms with E-state index in [9.17, 15) is 0 Å². The molecule has 0 bridgehead atoms. The first-order valence-electron chi connectivity index (χ1n) is 8.71. The van der Waals surface area contributed by atoms with E-state index in [-0.39, 0.29) is 5.15 Å². The summed E-state index contributed by atoms with van der Waals surface area (Å²) < 4.78 is 13.0. The first-order chi connectivity index (χ1) is 13.6. The molecule has 0 fully saturated rings. The fraction of sp³-hybridized carbons (Fsp3) is 0.143. The van der Waals surface area contributed by atoms with E-state index in [1.54, 1.807) is 4.57 Å². The molecule has 142 valence electrons. The van der Waals surface area contributed by atoms with E-state index in [0.717, 1.165) is 22.6 Å². The summed E-state index contributed by atoms with van der Waals surface area (Å²) in [5.74, 6) is 2.18. The van der Waals surface area contributed by atoms with Crippen LogP contribution in [0.15, 0.2) is 65.2 Å². The Kier molecular flexibility index (Phi) is 5.37. The molecule has 0 saturated heterocycles. The van der Waals surface area contributed by atoms with Crippen LogP contribution < -0.4 is 4.74 Å². The van der Waals surface area contributed by atoms with Crippen molar-refractivity contribution in [3.8, 4) is 17.0 Å². The van der Waals surface area contributed by atoms with E-state index in [1.165, 1.54) is 0 Å². The van der Waals surface area contributed by atoms with Crippen molar-refractivity contribution in [1.82, 2.24) is 14.7 Å². The molecule has 4 aromatic rings. The molecule has 28 heavy (non-hydrogen) atoms. The van der Waals surface area contributed by atoms with Crippen molar-refractivity contribution in [3.63, 3.8) is 0 Å². The Morgan fingerprint density at radius 2 is 1.79 bits per heavy atom. The van der Waals surface area contributed by atoms with E-state index in [2.05, 4.69) is 10.1 Å². The molecule has 2 aromatic heterocycles. The molecule has 5 nitrogen and oxygen atoms in total. The average molecular weight is 414 g/mol. The van der Waals surface area contributed by atoms with Gasteiger partial charge in [0.2, 0.25) is 0 Å². The fourth-order valence-electron chi connectivity index (χ4n) is 2.83. The molecule has 0 radical (unpaired) electrons. The number of imidazole rings is 1. The summed E-state index contributed by atoms with van der Waals surface area (Å²) in [6.45, 7) is 2.78. The summed E-state index contributed by atoms with van der Waals surface area (Å²) in [6, 6.07) is 19.7. The standard InChI is InChI=1S/C21H17Cl2N3O2/c1-14-24-20(22)21(23)26(14)12-18-11-19(25-28-18)16-7-9-17(10-8-16)27-13-15-5-3-2-4-6-15/h2-11H,12-13H2,1H3. The normalized spacial score (nSPS) is 11.0. The number of aromatic nitrogens is 3. The Morgan fingerprint density at radius 3 is 2.46 bits per heavy atom. The second-order valence-electron chi connectivity index (χ2n) is 6.30. The molecular weight excluding hydrogens is 397 g/mol. The Hall–Kier alpha value is -2.76. The lowest BCUT2D eigenvalue weighted by Gasteiger charge is -2.06. The van der Waals surface area contributed by atoms with Crippen LogP contribution in [0, 0.1) is 6.92 Å². The highest BCUT2D eigenvalue weighted by atomic mass is 35.5. The first-order valence-corrected chi connectivity index (χ1v) is 9.46. The number of ether oxygens (including phenoxy) is 1. The van der Waals surface area contributed by atoms with Crippen molar-refractivity contribution in [1.29, 1.82) is 0 Å². The number of benzene rings is 2. The maximum absolute atomic E-state index is 6.17. The molecule has 0 amide bonds. The summed E-state index contributed by atoms with van der Waals surface area (Å²) in [5.41, 5.74) is 2.81. The predicted octanol–water partition coefficient (Wildman–Crippen LogP) is 5.78. The second kappa shape index (κ2) is 8.09. The van der Waals surface area contributed by atoms with Gasteiger partial charge in [0.15, 0.2) is 10.9 Å². The second-order valence-corrected chi connectivity index (χ2v) is 7.02. The van der Waals surface area contributed by atoms with Crippen LogP contribution in [-0.4, -0.2) is 14.7 Å². The molecule has 0 spiro atoms. The zero-order valence-corrected chi connectivity index (χ0v) is 16.6. The number of hydrogen-bond donors (Lipinski definition) is 0. The van der Waals surface area contributed by atoms with Gasteiger partial charge in [-0.25, -0.2) is 4.98 Å². The Balaban J connectivity index is 1.43. The topological polar surface area (TPSA) is 53.1 Å². The van der Waals surface area contributed by atoms with Crippen LogP contribution in [-0.2, 0) is 13.2 Å². The van der Waals surface area contributed by atoms with E-state index in [4.69, 9.17) is 32.5 Å². The summed E-state index contributed by atoms with van der Waals surface area (Å²) in [4.78, 5) is 4.14. The number of aryl methyl sites for hydroxylation is 1. The molecular formula is C21H17Cl2N3O2. The van der Waals surface area contributed by atoms with Gasteiger partial charge < -0.3 is 13.8 Å². The zero-order chi connectivity index (χ0) is 19.5. The van der Waals surface area contributed by atoms with Gasteiger partial charge in [0.05, 0.1) is 6.54 Å². The fourth-order valence-corrected chi connectivity index (χ4v) is 3.28. The average Bonchev–Trinajstić information content (AvgIpc) is 3.28. The van der Waals surface area contributed by atoms with Crippen molar-refractivity contribution in [2.24, 2.45) is 0 Å². The van der Waals surface area contributed by atoms with Crippen LogP contribution in [0.2, 0.25) is 10.3 Å². The molecule has 4 rings (SSSR count). The Labute approximate surface area is 172 Å². The van der Waals surface area contributed by atoms with Gasteiger partial charge in [-0.1, -0.05) is 58.7 Å². The van der Waals surface area contributed by atoms with Crippen LogP contribution >= 0.6 is 23.2 Å². The van der Waals surface area contributed by atoms with Gasteiger partial charge in [0, 0.05) is 11.6 Å². The van der Waals surface area contributed by atoms with E-state index >= 15 is 0 Å². The van der Waals surface area contributed by atoms with Crippen molar-refractivity contribution in [2.75, 3.05) is 0 Å². The van der Waals surface area contributed by atoms with Gasteiger partial charge >= 0.3 is 0 Å². The van der Waals surface area contributed by atoms with Crippen LogP contribution in [0.25, 0.3) is 11.3 Å². The Morgan fingerprint density at radius 1 is 1.04 bits per heavy atom. The van der Waals surface area contributed by atoms with Gasteiger partial charge in [-0.3, -0.25) is 0 Å². The Bertz CT molecular complexity index is 1070. The number of hydrogen-bond acceptors (Lipinski definition) is 4. The summed E-state index contributed by atoms with van der Waals surface area (Å²) in [7, 11) is 0. The summed E-state index contributed by atoms with van der Waals surface area (Å²) in [5, 5.41) is 4.81. The number of rotatable bonds is 6. The maximum Gasteiger partial charge on any atom is 0.166 e. The van der Waals surface area contributed by atoms with Crippen molar-refractivity contribution in [3.05, 3.63) is 88.1 Å². The highest BCUT2D eigenvalue weighted by Crippen LogP contribution is 2.26. The molecule has 0 aliphatic rings. The van der Waals surface area contributed by atoms with Gasteiger partial charge in [0.25, 0.3) is 0 Å². The lowest BCUT2D eigenvalue weighted by Crippen LogP contribution is -2.01. The third-order valence-corrected chi connectivity index (χ3v) is 5.07. The van der Waals surface area contributed by atoms with Crippen molar-refractivity contribution >= 4 is 23.2 Å². The molecule has 2 heterocycles. The quantitative estimate of drug-likeness (QED) is 0.401. The molecule has 2 aromatic carbocycles. The first kappa shape index (κ1) is 18.6. The van der Waals surface area contributed by atoms with E-state index in [1.807, 2.05) is 67.6 Å². The van der Waals surface area contributed by atoms with Gasteiger partial charge in [-0.2, -0.15) is 0 Å². The van der Waals surface area contributed by atoms with E-state index < -0.39 is 0 Å². The SMILES string of the molecule is Cc1nc(Cl)c(Cl)n1Cc1cc(-c2ccc(OCc3ccccc3)cc2)no1. The summed E-state index contributed by atoms with van der Waals surface area (Å²) in [6.07, 6.45) is 0. The molecule has 7 heteroatoms. The maximum atomic E-state index is 6.17. The predicted molar refractivity (Wildman–Crippen MR) is 109 cm³/mol. The van der Waals surface area contributed by atoms with Gasteiger partial charge in [0.1, 0.15) is 29.0 Å². The highest BCUT2D eigenvalue weighted by molar-refractivity contribution is 6.40. The van der Waals surface area contributed by atoms with Crippen molar-refractivity contribution in [2.45, 2.75) is 20.1 Å². The molecule has 0 aliphatic heterocycles. The van der Waals surface area contributed by atoms with Gasteiger partial charge in [-0.15, -0.1) is 0 Å². The molecule has 0 saturated carbocycles. The molecule has 0 N–H and O–H groups in total. The third-order valence-electron chi connectivity index (χ3n) is 4.33. The minimum Gasteiger partial charge on any atom is -0.489 e. The molecule has 0 aliphatic carbocycles. The monoisotopic (exact) mass is 413 g/mol. The lowest BCUT2D eigenvalue weighted by molar-refractivity contribution is 0.306. The number of halogens is 2. The third kappa shape index (κ3) is 4.06. The van der Waals surface area contributed by atoms with Crippen molar-refractivity contribution < 1.29 is 9.26 Å². The summed E-state index contributed by atoms with van der Waals surface area (Å²) >= 11 is 12.1. The smallest absolute Gasteiger partial charge is 0.166 e. The minimum absolute atomic E-state index is 0.282. The highest BCUT2D eigenvalue weighted by Gasteiger charge is 2.14. The lowest BCUT2D eigenvalue weighted by atomic mass is 10.1. The van der Waals surface area contributed by atoms with Gasteiger partial charge in [-0.05, 0) is 36.8 Å². The van der Waals surface area contributed by atoms with Crippen LogP contribution in [0.1, 0.15) is 17.1 Å². The van der Waals surface area contributed by atoms with Crippen LogP contribution in [0.4, 0.5) is 0 Å². The van der Waals surface area contributed by atoms with Crippen LogP contribution in [0.5, 0.6) is 5.75 Å². The minimum atomic E-state index is 0.282.